The lowest BCUT2D eigenvalue weighted by Crippen LogP contribution is -2.42. The number of carbonyl (C=O) groups is 1. The summed E-state index contributed by atoms with van der Waals surface area (Å²) in [6.07, 6.45) is 6.47. The number of rotatable bonds is 8. The van der Waals surface area contributed by atoms with E-state index >= 15 is 0 Å². The van der Waals surface area contributed by atoms with E-state index < -0.39 is 0 Å². The first-order chi connectivity index (χ1) is 15.6. The summed E-state index contributed by atoms with van der Waals surface area (Å²) in [6.45, 7) is 8.21. The molecule has 3 aromatic rings. The highest BCUT2D eigenvalue weighted by Crippen LogP contribution is 2.24. The van der Waals surface area contributed by atoms with Crippen LogP contribution in [-0.2, 0) is 30.8 Å². The van der Waals surface area contributed by atoms with Crippen LogP contribution in [-0.4, -0.2) is 38.8 Å². The molecule has 1 amide bonds. The van der Waals surface area contributed by atoms with E-state index in [1.807, 2.05) is 30.2 Å². The molecule has 0 N–H and O–H groups in total. The summed E-state index contributed by atoms with van der Waals surface area (Å²) < 4.78 is 0. The molecule has 0 bridgehead atoms. The summed E-state index contributed by atoms with van der Waals surface area (Å²) in [5.74, 6) is 0.340. The van der Waals surface area contributed by atoms with Gasteiger partial charge >= 0.3 is 0 Å². The summed E-state index contributed by atoms with van der Waals surface area (Å²) in [5.41, 5.74) is 4.71. The van der Waals surface area contributed by atoms with Crippen LogP contribution in [0.3, 0.4) is 0 Å². The van der Waals surface area contributed by atoms with Gasteiger partial charge in [-0.15, -0.1) is 11.3 Å². The summed E-state index contributed by atoms with van der Waals surface area (Å²) in [4.78, 5) is 26.8. The highest BCUT2D eigenvalue weighted by Gasteiger charge is 2.29. The van der Waals surface area contributed by atoms with Crippen molar-refractivity contribution in [1.82, 2.24) is 19.8 Å². The summed E-state index contributed by atoms with van der Waals surface area (Å²) >= 11 is 1.70. The first-order valence-electron chi connectivity index (χ1n) is 11.5. The molecule has 32 heavy (non-hydrogen) atoms. The molecule has 1 fully saturated rings. The third kappa shape index (κ3) is 6.02. The van der Waals surface area contributed by atoms with Gasteiger partial charge < -0.3 is 4.90 Å². The summed E-state index contributed by atoms with van der Waals surface area (Å²) in [5, 5.41) is 3.26. The van der Waals surface area contributed by atoms with Gasteiger partial charge in [-0.25, -0.2) is 4.98 Å². The highest BCUT2D eigenvalue weighted by molar-refractivity contribution is 7.09. The molecule has 6 heteroatoms. The maximum Gasteiger partial charge on any atom is 0.226 e. The lowest BCUT2D eigenvalue weighted by molar-refractivity contribution is -0.138. The van der Waals surface area contributed by atoms with Crippen molar-refractivity contribution in [2.75, 3.05) is 13.1 Å². The fraction of sp³-hybridized carbons (Fsp3) is 0.423. The zero-order valence-corrected chi connectivity index (χ0v) is 19.9. The average Bonchev–Trinajstić information content (AvgIpc) is 3.24. The Morgan fingerprint density at radius 3 is 2.44 bits per heavy atom. The number of benzene rings is 1. The van der Waals surface area contributed by atoms with E-state index in [2.05, 4.69) is 51.4 Å². The topological polar surface area (TPSA) is 49.3 Å². The van der Waals surface area contributed by atoms with Crippen LogP contribution < -0.4 is 0 Å². The van der Waals surface area contributed by atoms with Crippen molar-refractivity contribution in [2.45, 2.75) is 52.7 Å². The fourth-order valence-corrected chi connectivity index (χ4v) is 4.93. The Bertz CT molecular complexity index is 994. The third-order valence-corrected chi connectivity index (χ3v) is 7.02. The van der Waals surface area contributed by atoms with Gasteiger partial charge in [-0.2, -0.15) is 0 Å². The van der Waals surface area contributed by atoms with Crippen LogP contribution in [0.5, 0.6) is 0 Å². The molecule has 0 unspecified atom stereocenters. The fourth-order valence-electron chi connectivity index (χ4n) is 4.33. The molecule has 2 aromatic heterocycles. The standard InChI is InChI=1S/C26H32N4OS/c1-3-21-6-8-22(9-7-21)16-30(17-23-5-4-12-27-15-23)26(31)24-10-13-29(14-11-24)18-25-19-32-20(2)28-25/h4-9,12,15,19,24H,3,10-11,13-14,16-18H2,1-2H3. The number of pyridine rings is 1. The number of hydrogen-bond donors (Lipinski definition) is 0. The highest BCUT2D eigenvalue weighted by atomic mass is 32.1. The second kappa shape index (κ2) is 10.8. The van der Waals surface area contributed by atoms with Crippen LogP contribution in [0.4, 0.5) is 0 Å². The van der Waals surface area contributed by atoms with E-state index in [0.29, 0.717) is 13.1 Å². The normalized spacial score (nSPS) is 15.1. The molecule has 0 spiro atoms. The molecule has 0 atom stereocenters. The Morgan fingerprint density at radius 2 is 1.81 bits per heavy atom. The van der Waals surface area contributed by atoms with E-state index in [9.17, 15) is 4.79 Å². The quantitative estimate of drug-likeness (QED) is 0.494. The summed E-state index contributed by atoms with van der Waals surface area (Å²) in [7, 11) is 0. The van der Waals surface area contributed by atoms with Gasteiger partial charge in [0, 0.05) is 43.3 Å². The largest absolute Gasteiger partial charge is 0.334 e. The van der Waals surface area contributed by atoms with Crippen LogP contribution in [0.1, 0.15) is 47.2 Å². The van der Waals surface area contributed by atoms with Crippen molar-refractivity contribution in [3.63, 3.8) is 0 Å². The van der Waals surface area contributed by atoms with Gasteiger partial charge in [-0.3, -0.25) is 14.7 Å². The van der Waals surface area contributed by atoms with E-state index in [1.165, 1.54) is 11.1 Å². The number of aromatic nitrogens is 2. The van der Waals surface area contributed by atoms with Gasteiger partial charge in [-0.1, -0.05) is 37.3 Å². The average molecular weight is 449 g/mol. The number of nitrogens with zero attached hydrogens (tertiary/aromatic N) is 4. The number of thiazole rings is 1. The minimum Gasteiger partial charge on any atom is -0.334 e. The molecule has 5 nitrogen and oxygen atoms in total. The minimum absolute atomic E-state index is 0.0787. The van der Waals surface area contributed by atoms with Gasteiger partial charge in [0.05, 0.1) is 10.7 Å². The number of hydrogen-bond acceptors (Lipinski definition) is 5. The number of carbonyl (C=O) groups excluding carboxylic acids is 1. The molecule has 1 aliphatic rings. The predicted molar refractivity (Wildman–Crippen MR) is 129 cm³/mol. The van der Waals surface area contributed by atoms with E-state index in [4.69, 9.17) is 0 Å². The zero-order valence-electron chi connectivity index (χ0n) is 19.0. The molecule has 168 valence electrons. The smallest absolute Gasteiger partial charge is 0.226 e. The zero-order chi connectivity index (χ0) is 22.3. The number of aryl methyl sites for hydroxylation is 2. The van der Waals surface area contributed by atoms with Crippen LogP contribution in [0, 0.1) is 12.8 Å². The van der Waals surface area contributed by atoms with E-state index in [0.717, 1.165) is 55.2 Å². The van der Waals surface area contributed by atoms with Crippen molar-refractivity contribution in [2.24, 2.45) is 5.92 Å². The molecule has 1 aliphatic heterocycles. The first-order valence-corrected chi connectivity index (χ1v) is 12.4. The van der Waals surface area contributed by atoms with Gasteiger partial charge in [-0.05, 0) is 62.0 Å². The van der Waals surface area contributed by atoms with Crippen molar-refractivity contribution < 1.29 is 4.79 Å². The molecule has 0 saturated carbocycles. The Balaban J connectivity index is 1.41. The van der Waals surface area contributed by atoms with E-state index in [-0.39, 0.29) is 11.8 Å². The van der Waals surface area contributed by atoms with Crippen LogP contribution in [0.2, 0.25) is 0 Å². The van der Waals surface area contributed by atoms with Gasteiger partial charge in [0.15, 0.2) is 0 Å². The van der Waals surface area contributed by atoms with Crippen LogP contribution >= 0.6 is 11.3 Å². The minimum atomic E-state index is 0.0787. The van der Waals surface area contributed by atoms with E-state index in [1.54, 1.807) is 17.5 Å². The first kappa shape index (κ1) is 22.6. The maximum absolute atomic E-state index is 13.6. The molecule has 0 aliphatic carbocycles. The second-order valence-corrected chi connectivity index (χ2v) is 9.70. The molecular formula is C26H32N4OS. The van der Waals surface area contributed by atoms with Crippen LogP contribution in [0.25, 0.3) is 0 Å². The van der Waals surface area contributed by atoms with Crippen molar-refractivity contribution >= 4 is 17.2 Å². The number of amides is 1. The third-order valence-electron chi connectivity index (χ3n) is 6.20. The van der Waals surface area contributed by atoms with Crippen molar-refractivity contribution in [1.29, 1.82) is 0 Å². The van der Waals surface area contributed by atoms with Crippen LogP contribution in [0.15, 0.2) is 54.2 Å². The molecule has 4 rings (SSSR count). The molecular weight excluding hydrogens is 416 g/mol. The molecule has 0 radical (unpaired) electrons. The number of likely N-dealkylation sites (tertiary alicyclic amines) is 1. The molecule has 3 heterocycles. The lowest BCUT2D eigenvalue weighted by atomic mass is 9.94. The Morgan fingerprint density at radius 1 is 1.09 bits per heavy atom. The van der Waals surface area contributed by atoms with Gasteiger partial charge in [0.25, 0.3) is 0 Å². The Kier molecular flexibility index (Phi) is 7.66. The second-order valence-electron chi connectivity index (χ2n) is 8.63. The predicted octanol–water partition coefficient (Wildman–Crippen LogP) is 4.85. The molecule has 1 aromatic carbocycles. The van der Waals surface area contributed by atoms with Gasteiger partial charge in [0.2, 0.25) is 5.91 Å². The maximum atomic E-state index is 13.6. The monoisotopic (exact) mass is 448 g/mol. The Hall–Kier alpha value is -2.57. The number of piperidine rings is 1. The lowest BCUT2D eigenvalue weighted by Gasteiger charge is -2.34. The Labute approximate surface area is 195 Å². The summed E-state index contributed by atoms with van der Waals surface area (Å²) in [6, 6.07) is 12.6. The van der Waals surface area contributed by atoms with Gasteiger partial charge in [0.1, 0.15) is 0 Å². The SMILES string of the molecule is CCc1ccc(CN(Cc2cccnc2)C(=O)C2CCN(Cc3csc(C)n3)CC2)cc1. The molecule has 1 saturated heterocycles. The van der Waals surface area contributed by atoms with Crippen molar-refractivity contribution in [3.8, 4) is 0 Å². The van der Waals surface area contributed by atoms with Crippen molar-refractivity contribution in [3.05, 3.63) is 81.6 Å².